The predicted octanol–water partition coefficient (Wildman–Crippen LogP) is 8.16. The highest BCUT2D eigenvalue weighted by Gasteiger charge is 2.44. The maximum atomic E-state index is 12.7. The molecule has 0 aliphatic carbocycles. The number of allylic oxidation sites excluding steroid dienone is 3. The zero-order valence-corrected chi connectivity index (χ0v) is 32.6. The number of carbonyl (C=O) groups is 2. The molecule has 1 fully saturated rings. The maximum absolute atomic E-state index is 12.7. The average Bonchev–Trinajstić information content (AvgIpc) is 3.14. The fourth-order valence-corrected chi connectivity index (χ4v) is 6.34. The Morgan fingerprint density at radius 3 is 1.63 bits per heavy atom. The van der Waals surface area contributed by atoms with Crippen LogP contribution in [0, 0.1) is 0 Å². The van der Waals surface area contributed by atoms with Crippen LogP contribution < -0.4 is 0 Å². The molecule has 0 aromatic rings. The summed E-state index contributed by atoms with van der Waals surface area (Å²) in [5.74, 6) is -0.818. The number of unbranched alkanes of at least 4 members (excludes halogenated alkanes) is 21. The Kier molecular flexibility index (Phi) is 31.3. The predicted molar refractivity (Wildman–Crippen MR) is 206 cm³/mol. The molecule has 0 aromatic heterocycles. The van der Waals surface area contributed by atoms with Crippen molar-refractivity contribution >= 4 is 11.9 Å². The van der Waals surface area contributed by atoms with Crippen molar-refractivity contribution in [1.82, 2.24) is 0 Å². The molecular weight excluding hydrogens is 664 g/mol. The Balaban J connectivity index is 2.35. The lowest BCUT2D eigenvalue weighted by molar-refractivity contribution is -0.305. The van der Waals surface area contributed by atoms with Gasteiger partial charge in [0.2, 0.25) is 0 Å². The van der Waals surface area contributed by atoms with E-state index < -0.39 is 49.4 Å². The minimum atomic E-state index is -1.59. The number of hydrogen-bond acceptors (Lipinski definition) is 10. The first-order chi connectivity index (χ1) is 25.3. The highest BCUT2D eigenvalue weighted by Crippen LogP contribution is 2.22. The van der Waals surface area contributed by atoms with Crippen LogP contribution in [0.3, 0.4) is 0 Å². The second kappa shape index (κ2) is 33.7. The van der Waals surface area contributed by atoms with Crippen LogP contribution in [0.25, 0.3) is 0 Å². The average molecular weight is 741 g/mol. The summed E-state index contributed by atoms with van der Waals surface area (Å²) in [4.78, 5) is 25.2. The number of rotatable bonds is 35. The molecule has 0 bridgehead atoms. The molecule has 1 aliphatic rings. The molecular formula is C42H76O10. The van der Waals surface area contributed by atoms with E-state index in [-0.39, 0.29) is 32.0 Å². The van der Waals surface area contributed by atoms with Crippen LogP contribution in [0.4, 0.5) is 0 Å². The molecule has 1 heterocycles. The van der Waals surface area contributed by atoms with Gasteiger partial charge in [0.15, 0.2) is 12.4 Å². The highest BCUT2D eigenvalue weighted by atomic mass is 16.7. The van der Waals surface area contributed by atoms with Crippen molar-refractivity contribution in [2.75, 3.05) is 19.8 Å². The van der Waals surface area contributed by atoms with Gasteiger partial charge in [-0.1, -0.05) is 128 Å². The van der Waals surface area contributed by atoms with E-state index in [0.29, 0.717) is 6.42 Å². The van der Waals surface area contributed by atoms with Crippen LogP contribution in [-0.2, 0) is 28.5 Å². The zero-order valence-electron chi connectivity index (χ0n) is 32.6. The molecule has 52 heavy (non-hydrogen) atoms. The number of hydrogen-bond donors (Lipinski definition) is 4. The number of ether oxygens (including phenoxy) is 4. The van der Waals surface area contributed by atoms with Crippen molar-refractivity contribution < 1.29 is 49.0 Å². The first-order valence-corrected chi connectivity index (χ1v) is 20.9. The second-order valence-corrected chi connectivity index (χ2v) is 14.5. The summed E-state index contributed by atoms with van der Waals surface area (Å²) in [6, 6.07) is 0. The second-order valence-electron chi connectivity index (χ2n) is 14.5. The van der Waals surface area contributed by atoms with Gasteiger partial charge in [-0.05, 0) is 51.4 Å². The summed E-state index contributed by atoms with van der Waals surface area (Å²) < 4.78 is 22.1. The van der Waals surface area contributed by atoms with Crippen LogP contribution in [0.1, 0.15) is 174 Å². The van der Waals surface area contributed by atoms with Crippen molar-refractivity contribution in [2.45, 2.75) is 211 Å². The monoisotopic (exact) mass is 741 g/mol. The van der Waals surface area contributed by atoms with E-state index in [4.69, 9.17) is 18.9 Å². The quantitative estimate of drug-likeness (QED) is 0.0285. The molecule has 0 radical (unpaired) electrons. The molecule has 0 spiro atoms. The van der Waals surface area contributed by atoms with E-state index in [1.807, 2.05) is 6.08 Å². The first kappa shape index (κ1) is 48.2. The fourth-order valence-electron chi connectivity index (χ4n) is 6.34. The van der Waals surface area contributed by atoms with Gasteiger partial charge in [0.1, 0.15) is 31.0 Å². The number of carbonyl (C=O) groups excluding carboxylic acids is 2. The third-order valence-corrected chi connectivity index (χ3v) is 9.71. The van der Waals surface area contributed by atoms with Gasteiger partial charge in [0.25, 0.3) is 0 Å². The van der Waals surface area contributed by atoms with E-state index in [9.17, 15) is 30.0 Å². The molecule has 10 heteroatoms. The van der Waals surface area contributed by atoms with Crippen LogP contribution in [0.15, 0.2) is 24.8 Å². The third kappa shape index (κ3) is 25.2. The molecule has 2 unspecified atom stereocenters. The maximum Gasteiger partial charge on any atom is 0.306 e. The topological polar surface area (TPSA) is 152 Å². The Bertz CT molecular complexity index is 894. The molecule has 0 saturated carbocycles. The summed E-state index contributed by atoms with van der Waals surface area (Å²) in [6.07, 6.45) is 26.5. The van der Waals surface area contributed by atoms with E-state index in [0.717, 1.165) is 64.2 Å². The Morgan fingerprint density at radius 1 is 0.635 bits per heavy atom. The minimum absolute atomic E-state index is 0.219. The summed E-state index contributed by atoms with van der Waals surface area (Å²) >= 11 is 0. The fraction of sp³-hybridized carbons (Fsp3) is 0.857. The molecule has 0 amide bonds. The summed E-state index contributed by atoms with van der Waals surface area (Å²) in [6.45, 7) is 4.90. The van der Waals surface area contributed by atoms with Gasteiger partial charge >= 0.3 is 11.9 Å². The lowest BCUT2D eigenvalue weighted by Crippen LogP contribution is -2.59. The number of aliphatic hydroxyl groups excluding tert-OH is 4. The molecule has 1 saturated heterocycles. The zero-order chi connectivity index (χ0) is 38.1. The molecule has 304 valence electrons. The third-order valence-electron chi connectivity index (χ3n) is 9.71. The van der Waals surface area contributed by atoms with Gasteiger partial charge in [-0.25, -0.2) is 0 Å². The lowest BCUT2D eigenvalue weighted by atomic mass is 9.99. The largest absolute Gasteiger partial charge is 0.462 e. The van der Waals surface area contributed by atoms with E-state index in [1.165, 1.54) is 83.5 Å². The highest BCUT2D eigenvalue weighted by molar-refractivity contribution is 5.70. The van der Waals surface area contributed by atoms with E-state index in [1.54, 1.807) is 0 Å². The summed E-state index contributed by atoms with van der Waals surface area (Å²) in [7, 11) is 0. The van der Waals surface area contributed by atoms with Gasteiger partial charge in [-0.3, -0.25) is 9.59 Å². The molecule has 0 aromatic carbocycles. The van der Waals surface area contributed by atoms with Crippen LogP contribution in [0.5, 0.6) is 0 Å². The Hall–Kier alpha value is -1.82. The lowest BCUT2D eigenvalue weighted by Gasteiger charge is -2.39. The van der Waals surface area contributed by atoms with Gasteiger partial charge in [0, 0.05) is 12.8 Å². The SMILES string of the molecule is C=CCCCCCCCCCCCCCCCC(=O)OC[C@@H](CO[C@H]1O[C@@H](CO)[C@@H](O)C(O)C1O)OC(=O)CCCCCCC/C=C/CCCCC. The van der Waals surface area contributed by atoms with Crippen molar-refractivity contribution in [3.63, 3.8) is 0 Å². The summed E-state index contributed by atoms with van der Waals surface area (Å²) in [5, 5.41) is 40.0. The van der Waals surface area contributed by atoms with Gasteiger partial charge in [0.05, 0.1) is 13.2 Å². The standard InChI is InChI=1S/C42H76O10/c1-3-5-7-9-11-13-15-17-18-19-21-22-24-26-28-30-37(44)49-33-35(34-50-42-41(48)40(47)39(46)36(32-43)52-42)51-38(45)31-29-27-25-23-20-16-14-12-10-8-6-4-2/h3,12,14,35-36,39-43,46-48H,1,4-11,13,15-34H2,2H3/b14-12+/t35-,36-,39+,40?,41?,42-/m0/s1. The minimum Gasteiger partial charge on any atom is -0.462 e. The van der Waals surface area contributed by atoms with E-state index in [2.05, 4.69) is 25.7 Å². The van der Waals surface area contributed by atoms with Crippen LogP contribution in [-0.4, -0.2) is 89.0 Å². The molecule has 1 rings (SSSR count). The normalized spacial score (nSPS) is 21.0. The number of aliphatic hydroxyl groups is 4. The van der Waals surface area contributed by atoms with E-state index >= 15 is 0 Å². The summed E-state index contributed by atoms with van der Waals surface area (Å²) in [5.41, 5.74) is 0. The Labute approximate surface area is 315 Å². The van der Waals surface area contributed by atoms with Gasteiger partial charge in [-0.15, -0.1) is 6.58 Å². The van der Waals surface area contributed by atoms with Crippen molar-refractivity contribution in [2.24, 2.45) is 0 Å². The van der Waals surface area contributed by atoms with Gasteiger partial charge < -0.3 is 39.4 Å². The smallest absolute Gasteiger partial charge is 0.306 e. The number of esters is 2. The first-order valence-electron chi connectivity index (χ1n) is 20.9. The van der Waals surface area contributed by atoms with Crippen molar-refractivity contribution in [3.05, 3.63) is 24.8 Å². The molecule has 1 aliphatic heterocycles. The molecule has 4 N–H and O–H groups in total. The Morgan fingerprint density at radius 2 is 1.12 bits per heavy atom. The molecule has 6 atom stereocenters. The van der Waals surface area contributed by atoms with Crippen molar-refractivity contribution in [1.29, 1.82) is 0 Å². The van der Waals surface area contributed by atoms with Gasteiger partial charge in [-0.2, -0.15) is 0 Å². The van der Waals surface area contributed by atoms with Crippen molar-refractivity contribution in [3.8, 4) is 0 Å². The van der Waals surface area contributed by atoms with Crippen LogP contribution in [0.2, 0.25) is 0 Å². The molecule has 10 nitrogen and oxygen atoms in total. The van der Waals surface area contributed by atoms with Crippen LogP contribution >= 0.6 is 0 Å².